The van der Waals surface area contributed by atoms with E-state index < -0.39 is 36.2 Å². The summed E-state index contributed by atoms with van der Waals surface area (Å²) in [6.45, 7) is -1.17. The smallest absolute Gasteiger partial charge is 0.306 e. The average molecular weight is 518 g/mol. The molecular weight excluding hydrogens is 500 g/mol. The highest BCUT2D eigenvalue weighted by Gasteiger charge is 2.33. The van der Waals surface area contributed by atoms with Gasteiger partial charge in [0.25, 0.3) is 5.56 Å². The third kappa shape index (κ3) is 5.84. The van der Waals surface area contributed by atoms with E-state index in [0.29, 0.717) is 5.69 Å². The molecule has 35 heavy (non-hydrogen) atoms. The number of alkyl halides is 2. The van der Waals surface area contributed by atoms with Gasteiger partial charge in [-0.15, -0.1) is 5.10 Å². The Labute approximate surface area is 207 Å². The highest BCUT2D eigenvalue weighted by molar-refractivity contribution is 7.03. The van der Waals surface area contributed by atoms with Gasteiger partial charge in [-0.1, -0.05) is 46.4 Å². The number of hydrogen-bond donors (Lipinski definition) is 2. The van der Waals surface area contributed by atoms with Crippen LogP contribution in [0.25, 0.3) is 11.3 Å². The number of benzene rings is 1. The van der Waals surface area contributed by atoms with E-state index in [0.717, 1.165) is 21.9 Å². The van der Waals surface area contributed by atoms with E-state index in [4.69, 9.17) is 11.6 Å². The quantitative estimate of drug-likeness (QED) is 0.350. The van der Waals surface area contributed by atoms with Gasteiger partial charge in [0.1, 0.15) is 23.1 Å². The molecule has 3 aromatic heterocycles. The molecule has 180 valence electrons. The topological polar surface area (TPSA) is 115 Å². The first-order chi connectivity index (χ1) is 16.8. The number of aromatic nitrogens is 5. The van der Waals surface area contributed by atoms with Crippen molar-refractivity contribution < 1.29 is 13.6 Å². The average Bonchev–Trinajstić information content (AvgIpc) is 3.40. The molecule has 0 aliphatic rings. The third-order valence-electron chi connectivity index (χ3n) is 4.95. The van der Waals surface area contributed by atoms with Gasteiger partial charge >= 0.3 is 5.92 Å². The maximum atomic E-state index is 14.4. The molecule has 0 radical (unpaired) electrons. The number of amides is 1. The molecule has 1 aromatic carbocycles. The molecule has 2 N–H and O–H groups in total. The highest BCUT2D eigenvalue weighted by Crippen LogP contribution is 2.26. The summed E-state index contributed by atoms with van der Waals surface area (Å²) in [7, 11) is 0. The minimum absolute atomic E-state index is 0.110. The molecule has 9 nitrogen and oxygen atoms in total. The second-order valence-electron chi connectivity index (χ2n) is 7.32. The molecule has 13 heteroatoms. The number of carbonyl (C=O) groups excluding carboxylic acids is 1. The van der Waals surface area contributed by atoms with Gasteiger partial charge in [-0.25, -0.2) is 4.98 Å². The van der Waals surface area contributed by atoms with Gasteiger partial charge in [0.2, 0.25) is 5.91 Å². The molecule has 0 aliphatic heterocycles. The van der Waals surface area contributed by atoms with E-state index in [1.807, 2.05) is 24.3 Å². The van der Waals surface area contributed by atoms with Crippen LogP contribution in [0, 0.1) is 0 Å². The molecule has 0 atom stereocenters. The summed E-state index contributed by atoms with van der Waals surface area (Å²) in [5, 5.41) is 10.8. The zero-order valence-corrected chi connectivity index (χ0v) is 19.6. The van der Waals surface area contributed by atoms with E-state index >= 15 is 0 Å². The van der Waals surface area contributed by atoms with Crippen LogP contribution >= 0.6 is 23.1 Å². The lowest BCUT2D eigenvalue weighted by Gasteiger charge is -2.17. The van der Waals surface area contributed by atoms with Crippen molar-refractivity contribution in [2.75, 3.05) is 11.9 Å². The largest absolute Gasteiger partial charge is 0.359 e. The molecule has 0 aliphatic carbocycles. The Morgan fingerprint density at radius 1 is 1.14 bits per heavy atom. The summed E-state index contributed by atoms with van der Waals surface area (Å²) >= 11 is 7.28. The Kier molecular flexibility index (Phi) is 7.42. The lowest BCUT2D eigenvalue weighted by atomic mass is 10.1. The first-order valence-corrected chi connectivity index (χ1v) is 11.5. The number of nitrogens with one attached hydrogen (secondary N) is 2. The zero-order chi connectivity index (χ0) is 24.8. The zero-order valence-electron chi connectivity index (χ0n) is 18.0. The predicted octanol–water partition coefficient (Wildman–Crippen LogP) is 3.33. The first kappa shape index (κ1) is 24.4. The number of halogens is 3. The van der Waals surface area contributed by atoms with Crippen molar-refractivity contribution in [3.05, 3.63) is 87.0 Å². The number of carbonyl (C=O) groups is 1. The van der Waals surface area contributed by atoms with Gasteiger partial charge in [0, 0.05) is 23.7 Å². The van der Waals surface area contributed by atoms with E-state index in [1.54, 1.807) is 5.38 Å². The minimum atomic E-state index is -3.35. The number of rotatable bonds is 9. The van der Waals surface area contributed by atoms with Crippen molar-refractivity contribution >= 4 is 34.9 Å². The Hall–Kier alpha value is -3.77. The first-order valence-electron chi connectivity index (χ1n) is 10.3. The summed E-state index contributed by atoms with van der Waals surface area (Å²) in [6, 6.07) is 11.5. The van der Waals surface area contributed by atoms with E-state index in [-0.39, 0.29) is 17.5 Å². The fourth-order valence-corrected chi connectivity index (χ4v) is 3.84. The maximum absolute atomic E-state index is 14.4. The lowest BCUT2D eigenvalue weighted by Crippen LogP contribution is -2.35. The van der Waals surface area contributed by atoms with Crippen LogP contribution in [-0.2, 0) is 23.8 Å². The van der Waals surface area contributed by atoms with Crippen LogP contribution in [0.2, 0.25) is 5.15 Å². The maximum Gasteiger partial charge on any atom is 0.306 e. The van der Waals surface area contributed by atoms with E-state index in [9.17, 15) is 18.4 Å². The summed E-state index contributed by atoms with van der Waals surface area (Å²) in [4.78, 5) is 32.8. The highest BCUT2D eigenvalue weighted by atomic mass is 35.5. The van der Waals surface area contributed by atoms with Crippen molar-refractivity contribution in [1.82, 2.24) is 29.4 Å². The van der Waals surface area contributed by atoms with Crippen molar-refractivity contribution in [1.29, 1.82) is 0 Å². The molecule has 4 aromatic rings. The fourth-order valence-electron chi connectivity index (χ4n) is 3.20. The van der Waals surface area contributed by atoms with Crippen LogP contribution in [0.5, 0.6) is 0 Å². The van der Waals surface area contributed by atoms with Crippen LogP contribution in [0.15, 0.2) is 65.0 Å². The number of hydrogen-bond acceptors (Lipinski definition) is 8. The lowest BCUT2D eigenvalue weighted by molar-refractivity contribution is -0.121. The second-order valence-corrected chi connectivity index (χ2v) is 8.31. The minimum Gasteiger partial charge on any atom is -0.359 e. The van der Waals surface area contributed by atoms with Crippen molar-refractivity contribution in [3.8, 4) is 11.3 Å². The molecule has 0 bridgehead atoms. The van der Waals surface area contributed by atoms with Gasteiger partial charge in [-0.3, -0.25) is 19.1 Å². The van der Waals surface area contributed by atoms with Crippen molar-refractivity contribution in [2.24, 2.45) is 0 Å². The van der Waals surface area contributed by atoms with Gasteiger partial charge in [-0.05, 0) is 29.2 Å². The number of pyridine rings is 1. The Balaban J connectivity index is 1.43. The van der Waals surface area contributed by atoms with Gasteiger partial charge in [0.15, 0.2) is 5.82 Å². The van der Waals surface area contributed by atoms with Crippen molar-refractivity contribution in [3.63, 3.8) is 0 Å². The van der Waals surface area contributed by atoms with Gasteiger partial charge in [0.05, 0.1) is 12.7 Å². The SMILES string of the molecule is O=C(Cn1c(Cl)cnc(NCC(F)(F)c2ccccn2)c1=O)NCc1ccccc1-c1csnn1. The Bertz CT molecular complexity index is 1370. The van der Waals surface area contributed by atoms with Crippen molar-refractivity contribution in [2.45, 2.75) is 19.0 Å². The van der Waals surface area contributed by atoms with E-state index in [1.165, 1.54) is 35.9 Å². The van der Waals surface area contributed by atoms with Crippen LogP contribution in [0.3, 0.4) is 0 Å². The molecule has 0 unspecified atom stereocenters. The van der Waals surface area contributed by atoms with Crippen LogP contribution in [0.1, 0.15) is 11.3 Å². The second kappa shape index (κ2) is 10.7. The summed E-state index contributed by atoms with van der Waals surface area (Å²) in [6.07, 6.45) is 2.36. The Morgan fingerprint density at radius 3 is 2.69 bits per heavy atom. The van der Waals surface area contributed by atoms with E-state index in [2.05, 4.69) is 30.2 Å². The van der Waals surface area contributed by atoms with Gasteiger partial charge < -0.3 is 10.6 Å². The van der Waals surface area contributed by atoms with Crippen LogP contribution in [0.4, 0.5) is 14.6 Å². The summed E-state index contributed by atoms with van der Waals surface area (Å²) < 4.78 is 33.6. The number of nitrogens with zero attached hydrogens (tertiary/aromatic N) is 5. The third-order valence-corrected chi connectivity index (χ3v) is 5.76. The monoisotopic (exact) mass is 517 g/mol. The molecular formula is C22H18ClF2N7O2S. The van der Waals surface area contributed by atoms with Crippen LogP contribution in [-0.4, -0.2) is 36.6 Å². The molecule has 0 saturated carbocycles. The van der Waals surface area contributed by atoms with Crippen LogP contribution < -0.4 is 16.2 Å². The fraction of sp³-hybridized carbons (Fsp3) is 0.182. The molecule has 0 saturated heterocycles. The molecule has 0 fully saturated rings. The predicted molar refractivity (Wildman–Crippen MR) is 127 cm³/mol. The molecule has 3 heterocycles. The standard InChI is InChI=1S/C22H18ClF2N7O2S/c23-18-10-28-20(29-13-22(24,25)17-7-3-4-8-26-17)21(34)32(18)11-19(33)27-9-14-5-1-2-6-15(14)16-12-35-31-30-16/h1-8,10,12H,9,11,13H2,(H,27,33)(H,28,29). The Morgan fingerprint density at radius 2 is 1.94 bits per heavy atom. The normalized spacial score (nSPS) is 11.3. The molecule has 1 amide bonds. The van der Waals surface area contributed by atoms with Gasteiger partial charge in [-0.2, -0.15) is 8.78 Å². The number of anilines is 1. The molecule has 0 spiro atoms. The molecule has 4 rings (SSSR count). The summed E-state index contributed by atoms with van der Waals surface area (Å²) in [5.41, 5.74) is 1.06. The summed E-state index contributed by atoms with van der Waals surface area (Å²) in [5.74, 6) is -4.22.